The normalized spacial score (nSPS) is 20.8. The molecule has 0 aromatic heterocycles. The van der Waals surface area contributed by atoms with E-state index in [-0.39, 0.29) is 30.1 Å². The van der Waals surface area contributed by atoms with Crippen molar-refractivity contribution in [3.05, 3.63) is 30.3 Å². The second-order valence-corrected chi connectivity index (χ2v) is 6.37. The van der Waals surface area contributed by atoms with Crippen molar-refractivity contribution in [2.75, 3.05) is 31.1 Å². The van der Waals surface area contributed by atoms with E-state index in [2.05, 4.69) is 5.32 Å². The largest absolute Gasteiger partial charge is 0.356 e. The number of anilines is 1. The van der Waals surface area contributed by atoms with Gasteiger partial charge in [0.2, 0.25) is 17.7 Å². The van der Waals surface area contributed by atoms with Crippen LogP contribution in [0.4, 0.5) is 5.69 Å². The molecule has 2 heterocycles. The van der Waals surface area contributed by atoms with Crippen LogP contribution in [0.25, 0.3) is 0 Å². The Balaban J connectivity index is 1.43. The van der Waals surface area contributed by atoms with Crippen molar-refractivity contribution in [1.29, 1.82) is 0 Å². The van der Waals surface area contributed by atoms with Crippen molar-refractivity contribution in [1.82, 2.24) is 10.2 Å². The van der Waals surface area contributed by atoms with Gasteiger partial charge in [-0.05, 0) is 25.0 Å². The molecule has 2 saturated heterocycles. The van der Waals surface area contributed by atoms with E-state index in [0.29, 0.717) is 26.1 Å². The van der Waals surface area contributed by atoms with E-state index in [1.54, 1.807) is 4.90 Å². The summed E-state index contributed by atoms with van der Waals surface area (Å²) in [5.74, 6) is -0.175. The summed E-state index contributed by atoms with van der Waals surface area (Å²) in [5.41, 5.74) is 0.838. The van der Waals surface area contributed by atoms with Crippen LogP contribution in [0.15, 0.2) is 30.3 Å². The van der Waals surface area contributed by atoms with E-state index in [9.17, 15) is 14.4 Å². The van der Waals surface area contributed by atoms with Gasteiger partial charge in [0.1, 0.15) is 0 Å². The van der Waals surface area contributed by atoms with Crippen molar-refractivity contribution in [2.24, 2.45) is 5.92 Å². The van der Waals surface area contributed by atoms with E-state index in [1.807, 2.05) is 35.2 Å². The monoisotopic (exact) mass is 329 g/mol. The summed E-state index contributed by atoms with van der Waals surface area (Å²) in [5, 5.41) is 2.90. The van der Waals surface area contributed by atoms with Gasteiger partial charge in [-0.1, -0.05) is 18.2 Å². The summed E-state index contributed by atoms with van der Waals surface area (Å²) < 4.78 is 0. The third kappa shape index (κ3) is 3.75. The quantitative estimate of drug-likeness (QED) is 0.797. The number of hydrogen-bond donors (Lipinski definition) is 1. The minimum atomic E-state index is -0.300. The van der Waals surface area contributed by atoms with E-state index >= 15 is 0 Å². The number of hydrogen-bond acceptors (Lipinski definition) is 3. The number of likely N-dealkylation sites (tertiary alicyclic amines) is 1. The maximum Gasteiger partial charge on any atom is 0.227 e. The maximum atomic E-state index is 12.3. The van der Waals surface area contributed by atoms with E-state index in [0.717, 1.165) is 25.1 Å². The Hall–Kier alpha value is -2.37. The first kappa shape index (κ1) is 16.5. The number of carbonyl (C=O) groups excluding carboxylic acids is 3. The Kier molecular flexibility index (Phi) is 5.13. The zero-order chi connectivity index (χ0) is 16.9. The van der Waals surface area contributed by atoms with Crippen LogP contribution in [-0.2, 0) is 14.4 Å². The van der Waals surface area contributed by atoms with E-state index in [4.69, 9.17) is 0 Å². The minimum Gasteiger partial charge on any atom is -0.356 e. The molecule has 2 aliphatic rings. The van der Waals surface area contributed by atoms with Gasteiger partial charge in [0.15, 0.2) is 0 Å². The molecule has 128 valence electrons. The van der Waals surface area contributed by atoms with Crippen molar-refractivity contribution in [3.63, 3.8) is 0 Å². The second-order valence-electron chi connectivity index (χ2n) is 6.37. The first-order valence-corrected chi connectivity index (χ1v) is 8.56. The van der Waals surface area contributed by atoms with Crippen molar-refractivity contribution >= 4 is 23.4 Å². The Morgan fingerprint density at radius 3 is 2.67 bits per heavy atom. The average molecular weight is 329 g/mol. The van der Waals surface area contributed by atoms with Crippen LogP contribution in [0, 0.1) is 5.92 Å². The number of benzene rings is 1. The van der Waals surface area contributed by atoms with Gasteiger partial charge in [-0.2, -0.15) is 0 Å². The maximum absolute atomic E-state index is 12.3. The highest BCUT2D eigenvalue weighted by atomic mass is 16.2. The molecule has 0 spiro atoms. The lowest BCUT2D eigenvalue weighted by molar-refractivity contribution is -0.127. The van der Waals surface area contributed by atoms with Gasteiger partial charge in [-0.25, -0.2) is 0 Å². The van der Waals surface area contributed by atoms with Gasteiger partial charge in [-0.15, -0.1) is 0 Å². The van der Waals surface area contributed by atoms with Gasteiger partial charge >= 0.3 is 0 Å². The molecule has 0 radical (unpaired) electrons. The molecule has 1 aromatic carbocycles. The second kappa shape index (κ2) is 7.47. The molecule has 0 bridgehead atoms. The highest BCUT2D eigenvalue weighted by molar-refractivity contribution is 6.00. The van der Waals surface area contributed by atoms with Crippen molar-refractivity contribution in [3.8, 4) is 0 Å². The lowest BCUT2D eigenvalue weighted by Gasteiger charge is -2.17. The van der Waals surface area contributed by atoms with Gasteiger partial charge in [0, 0.05) is 44.7 Å². The number of nitrogens with zero attached hydrogens (tertiary/aromatic N) is 2. The minimum absolute atomic E-state index is 0.0102. The average Bonchev–Trinajstić information content (AvgIpc) is 3.18. The number of amides is 3. The smallest absolute Gasteiger partial charge is 0.227 e. The van der Waals surface area contributed by atoms with Crippen LogP contribution in [0.5, 0.6) is 0 Å². The summed E-state index contributed by atoms with van der Waals surface area (Å²) in [6.07, 6.45) is 2.59. The molecule has 6 nitrogen and oxygen atoms in total. The zero-order valence-electron chi connectivity index (χ0n) is 13.7. The molecular formula is C18H23N3O3. The zero-order valence-corrected chi connectivity index (χ0v) is 13.7. The third-order valence-corrected chi connectivity index (χ3v) is 4.64. The lowest BCUT2D eigenvalue weighted by atomic mass is 10.1. The van der Waals surface area contributed by atoms with Gasteiger partial charge in [-0.3, -0.25) is 14.4 Å². The molecule has 0 saturated carbocycles. The molecule has 2 fully saturated rings. The van der Waals surface area contributed by atoms with Gasteiger partial charge in [0.25, 0.3) is 0 Å². The molecule has 3 amide bonds. The molecule has 1 atom stereocenters. The molecule has 1 N–H and O–H groups in total. The van der Waals surface area contributed by atoms with Crippen LogP contribution in [0.1, 0.15) is 25.7 Å². The Morgan fingerprint density at radius 1 is 1.17 bits per heavy atom. The number of para-hydroxylation sites is 1. The Labute approximate surface area is 141 Å². The highest BCUT2D eigenvalue weighted by Crippen LogP contribution is 2.24. The molecule has 3 rings (SSSR count). The molecule has 1 unspecified atom stereocenters. The molecule has 0 aliphatic carbocycles. The number of nitrogens with one attached hydrogen (secondary N) is 1. The van der Waals surface area contributed by atoms with E-state index in [1.165, 1.54) is 0 Å². The molecular weight excluding hydrogens is 306 g/mol. The van der Waals surface area contributed by atoms with Crippen LogP contribution in [-0.4, -0.2) is 48.8 Å². The molecule has 1 aromatic rings. The van der Waals surface area contributed by atoms with Gasteiger partial charge in [0.05, 0.1) is 5.92 Å². The van der Waals surface area contributed by atoms with Crippen LogP contribution < -0.4 is 10.2 Å². The fraction of sp³-hybridized carbons (Fsp3) is 0.500. The van der Waals surface area contributed by atoms with Crippen LogP contribution in [0.2, 0.25) is 0 Å². The van der Waals surface area contributed by atoms with Crippen LogP contribution >= 0.6 is 0 Å². The first-order valence-electron chi connectivity index (χ1n) is 8.56. The Morgan fingerprint density at radius 2 is 1.96 bits per heavy atom. The fourth-order valence-electron chi connectivity index (χ4n) is 3.31. The third-order valence-electron chi connectivity index (χ3n) is 4.64. The molecule has 6 heteroatoms. The summed E-state index contributed by atoms with van der Waals surface area (Å²) in [6, 6.07) is 9.43. The predicted molar refractivity (Wildman–Crippen MR) is 90.3 cm³/mol. The molecule has 24 heavy (non-hydrogen) atoms. The predicted octanol–water partition coefficient (Wildman–Crippen LogP) is 1.17. The molecule has 2 aliphatic heterocycles. The summed E-state index contributed by atoms with van der Waals surface area (Å²) in [7, 11) is 0. The van der Waals surface area contributed by atoms with Crippen LogP contribution in [0.3, 0.4) is 0 Å². The summed E-state index contributed by atoms with van der Waals surface area (Å²) in [6.45, 7) is 2.49. The SMILES string of the molecule is O=C(NCCCN1CCCC1=O)C1CC(=O)N(c2ccccc2)C1. The Bertz CT molecular complexity index is 617. The lowest BCUT2D eigenvalue weighted by Crippen LogP contribution is -2.35. The number of rotatable bonds is 6. The topological polar surface area (TPSA) is 69.7 Å². The van der Waals surface area contributed by atoms with Crippen molar-refractivity contribution in [2.45, 2.75) is 25.7 Å². The number of carbonyl (C=O) groups is 3. The first-order chi connectivity index (χ1) is 11.6. The van der Waals surface area contributed by atoms with Gasteiger partial charge < -0.3 is 15.1 Å². The summed E-state index contributed by atoms with van der Waals surface area (Å²) in [4.78, 5) is 39.4. The summed E-state index contributed by atoms with van der Waals surface area (Å²) >= 11 is 0. The van der Waals surface area contributed by atoms with Crippen molar-refractivity contribution < 1.29 is 14.4 Å². The standard InChI is InChI=1S/C18H23N3O3/c22-16-8-4-10-20(16)11-5-9-19-18(24)14-12-17(23)21(13-14)15-6-2-1-3-7-15/h1-3,6-7,14H,4-5,8-13H2,(H,19,24). The highest BCUT2D eigenvalue weighted by Gasteiger charge is 2.34. The van der Waals surface area contributed by atoms with E-state index < -0.39 is 0 Å². The fourth-order valence-corrected chi connectivity index (χ4v) is 3.31.